The summed E-state index contributed by atoms with van der Waals surface area (Å²) in [6.45, 7) is 0. The zero-order valence-corrected chi connectivity index (χ0v) is 21.6. The third-order valence-electron chi connectivity index (χ3n) is 4.79. The lowest BCUT2D eigenvalue weighted by Crippen LogP contribution is -2.21. The van der Waals surface area contributed by atoms with Crippen molar-refractivity contribution >= 4 is 61.5 Å². The number of anilines is 1. The molecule has 2 amide bonds. The number of para-hydroxylation sites is 1. The maximum absolute atomic E-state index is 12.8. The predicted molar refractivity (Wildman–Crippen MR) is 141 cm³/mol. The van der Waals surface area contributed by atoms with Gasteiger partial charge < -0.3 is 14.5 Å². The van der Waals surface area contributed by atoms with E-state index in [0.717, 1.165) is 4.47 Å². The number of esters is 1. The van der Waals surface area contributed by atoms with Gasteiger partial charge in [-0.3, -0.25) is 9.59 Å². The van der Waals surface area contributed by atoms with Crippen molar-refractivity contribution in [2.24, 2.45) is 5.10 Å². The minimum absolute atomic E-state index is 0.0518. The average molecular weight is 611 g/mol. The second-order valence-corrected chi connectivity index (χ2v) is 9.09. The highest BCUT2D eigenvalue weighted by molar-refractivity contribution is 9.10. The van der Waals surface area contributed by atoms with Crippen LogP contribution >= 0.6 is 31.9 Å². The number of rotatable bonds is 7. The Morgan fingerprint density at radius 1 is 0.861 bits per heavy atom. The first-order valence-electron chi connectivity index (χ1n) is 10.5. The van der Waals surface area contributed by atoms with E-state index >= 15 is 0 Å². The Kier molecular flexibility index (Phi) is 8.09. The number of furan rings is 1. The molecule has 10 heteroatoms. The number of amides is 2. The maximum Gasteiger partial charge on any atom is 0.379 e. The molecule has 0 aliphatic rings. The van der Waals surface area contributed by atoms with E-state index < -0.39 is 11.9 Å². The molecule has 8 nitrogen and oxygen atoms in total. The molecule has 4 rings (SSSR count). The molecule has 0 bridgehead atoms. The summed E-state index contributed by atoms with van der Waals surface area (Å²) in [5.74, 6) is -1.29. The molecular weight excluding hydrogens is 594 g/mol. The van der Waals surface area contributed by atoms with Crippen LogP contribution < -0.4 is 15.5 Å². The van der Waals surface area contributed by atoms with Crippen molar-refractivity contribution in [2.45, 2.75) is 0 Å². The minimum atomic E-state index is -0.670. The van der Waals surface area contributed by atoms with Crippen LogP contribution in [0, 0.1) is 0 Å². The lowest BCUT2D eigenvalue weighted by atomic mass is 10.1. The van der Waals surface area contributed by atoms with Crippen LogP contribution in [-0.2, 0) is 0 Å². The van der Waals surface area contributed by atoms with Crippen LogP contribution in [0.3, 0.4) is 0 Å². The molecule has 180 valence electrons. The lowest BCUT2D eigenvalue weighted by Gasteiger charge is -2.10. The zero-order chi connectivity index (χ0) is 25.5. The van der Waals surface area contributed by atoms with E-state index in [9.17, 15) is 14.4 Å². The summed E-state index contributed by atoms with van der Waals surface area (Å²) in [6.07, 6.45) is 2.71. The molecule has 0 aliphatic carbocycles. The van der Waals surface area contributed by atoms with Crippen molar-refractivity contribution in [1.29, 1.82) is 0 Å². The molecule has 2 N–H and O–H groups in total. The van der Waals surface area contributed by atoms with Gasteiger partial charge in [0, 0.05) is 20.1 Å². The summed E-state index contributed by atoms with van der Waals surface area (Å²) in [7, 11) is 0. The lowest BCUT2D eigenvalue weighted by molar-refractivity contribution is 0.0700. The standard InChI is InChI=1S/C26H17Br2N3O5/c27-18-9-7-16(8-10-18)24(32)30-21-5-2-1-4-20(21)25(33)31-29-15-17-14-19(28)11-12-22(17)36-26(34)23-6-3-13-35-23/h1-15H,(H,30,32)(H,31,33)/b29-15-. The summed E-state index contributed by atoms with van der Waals surface area (Å²) in [6, 6.07) is 21.4. The molecule has 1 aromatic heterocycles. The SMILES string of the molecule is O=C(Nc1ccccc1C(=O)N/N=C\c1cc(Br)ccc1OC(=O)c1ccco1)c1ccc(Br)cc1. The van der Waals surface area contributed by atoms with E-state index in [2.05, 4.69) is 47.7 Å². The normalized spacial score (nSPS) is 10.7. The molecular formula is C26H17Br2N3O5. The molecule has 0 saturated carbocycles. The van der Waals surface area contributed by atoms with E-state index in [4.69, 9.17) is 9.15 Å². The number of hydrogen-bond acceptors (Lipinski definition) is 6. The molecule has 0 aliphatic heterocycles. The number of benzene rings is 3. The Morgan fingerprint density at radius 2 is 1.61 bits per heavy atom. The van der Waals surface area contributed by atoms with Gasteiger partial charge in [-0.25, -0.2) is 10.2 Å². The molecule has 0 unspecified atom stereocenters. The van der Waals surface area contributed by atoms with Gasteiger partial charge in [0.25, 0.3) is 11.8 Å². The predicted octanol–water partition coefficient (Wildman–Crippen LogP) is 6.04. The monoisotopic (exact) mass is 609 g/mol. The highest BCUT2D eigenvalue weighted by atomic mass is 79.9. The largest absolute Gasteiger partial charge is 0.457 e. The van der Waals surface area contributed by atoms with Crippen LogP contribution in [-0.4, -0.2) is 24.0 Å². The van der Waals surface area contributed by atoms with Gasteiger partial charge in [0.15, 0.2) is 0 Å². The quantitative estimate of drug-likeness (QED) is 0.115. The number of hydrazone groups is 1. The molecule has 36 heavy (non-hydrogen) atoms. The zero-order valence-electron chi connectivity index (χ0n) is 18.4. The van der Waals surface area contributed by atoms with Crippen LogP contribution in [0.15, 0.2) is 104 Å². The van der Waals surface area contributed by atoms with Gasteiger partial charge in [-0.05, 0) is 66.7 Å². The number of nitrogens with zero attached hydrogens (tertiary/aromatic N) is 1. The van der Waals surface area contributed by atoms with Crippen molar-refractivity contribution in [3.05, 3.63) is 117 Å². The van der Waals surface area contributed by atoms with E-state index in [1.807, 2.05) is 0 Å². The average Bonchev–Trinajstić information content (AvgIpc) is 3.41. The van der Waals surface area contributed by atoms with Crippen LogP contribution in [0.2, 0.25) is 0 Å². The van der Waals surface area contributed by atoms with Crippen molar-refractivity contribution in [3.63, 3.8) is 0 Å². The molecule has 0 radical (unpaired) electrons. The second kappa shape index (κ2) is 11.6. The molecule has 0 atom stereocenters. The van der Waals surface area contributed by atoms with Gasteiger partial charge in [0.05, 0.1) is 23.7 Å². The van der Waals surface area contributed by atoms with Gasteiger partial charge in [0.2, 0.25) is 5.76 Å². The van der Waals surface area contributed by atoms with Gasteiger partial charge in [-0.2, -0.15) is 5.10 Å². The van der Waals surface area contributed by atoms with Crippen molar-refractivity contribution in [3.8, 4) is 5.75 Å². The number of ether oxygens (including phenoxy) is 1. The number of hydrogen-bond donors (Lipinski definition) is 2. The Bertz CT molecular complexity index is 1430. The Hall–Kier alpha value is -4.02. The number of carbonyl (C=O) groups excluding carboxylic acids is 3. The minimum Gasteiger partial charge on any atom is -0.457 e. The fourth-order valence-corrected chi connectivity index (χ4v) is 3.71. The van der Waals surface area contributed by atoms with E-state index in [1.54, 1.807) is 72.8 Å². The molecule has 3 aromatic carbocycles. The highest BCUT2D eigenvalue weighted by Crippen LogP contribution is 2.23. The summed E-state index contributed by atoms with van der Waals surface area (Å²) in [4.78, 5) is 37.7. The van der Waals surface area contributed by atoms with Crippen LogP contribution in [0.4, 0.5) is 5.69 Å². The number of nitrogens with one attached hydrogen (secondary N) is 2. The Balaban J connectivity index is 1.47. The first-order chi connectivity index (χ1) is 17.4. The topological polar surface area (TPSA) is 110 Å². The Morgan fingerprint density at radius 3 is 2.36 bits per heavy atom. The molecule has 4 aromatic rings. The van der Waals surface area contributed by atoms with Crippen molar-refractivity contribution in [2.75, 3.05) is 5.32 Å². The molecule has 1 heterocycles. The first-order valence-corrected chi connectivity index (χ1v) is 12.0. The molecule has 0 fully saturated rings. The summed E-state index contributed by atoms with van der Waals surface area (Å²) in [5.41, 5.74) is 3.86. The van der Waals surface area contributed by atoms with Gasteiger partial charge in [0.1, 0.15) is 5.75 Å². The smallest absolute Gasteiger partial charge is 0.379 e. The van der Waals surface area contributed by atoms with Crippen LogP contribution in [0.5, 0.6) is 5.75 Å². The third kappa shape index (κ3) is 6.35. The van der Waals surface area contributed by atoms with Gasteiger partial charge >= 0.3 is 5.97 Å². The fraction of sp³-hybridized carbons (Fsp3) is 0. The van der Waals surface area contributed by atoms with E-state index in [1.165, 1.54) is 18.5 Å². The third-order valence-corrected chi connectivity index (χ3v) is 5.81. The summed E-state index contributed by atoms with van der Waals surface area (Å²) in [5, 5.41) is 6.75. The number of halogens is 2. The van der Waals surface area contributed by atoms with Crippen LogP contribution in [0.25, 0.3) is 0 Å². The van der Waals surface area contributed by atoms with E-state index in [0.29, 0.717) is 21.3 Å². The van der Waals surface area contributed by atoms with Gasteiger partial charge in [-0.1, -0.05) is 44.0 Å². The first kappa shape index (κ1) is 25.1. The van der Waals surface area contributed by atoms with E-state index in [-0.39, 0.29) is 23.0 Å². The molecule has 0 spiro atoms. The van der Waals surface area contributed by atoms with Gasteiger partial charge in [-0.15, -0.1) is 0 Å². The summed E-state index contributed by atoms with van der Waals surface area (Å²) < 4.78 is 12.0. The van der Waals surface area contributed by atoms with Crippen molar-refractivity contribution < 1.29 is 23.5 Å². The molecule has 0 saturated heterocycles. The van der Waals surface area contributed by atoms with Crippen molar-refractivity contribution in [1.82, 2.24) is 5.43 Å². The maximum atomic E-state index is 12.8. The summed E-state index contributed by atoms with van der Waals surface area (Å²) >= 11 is 6.70. The van der Waals surface area contributed by atoms with Crippen LogP contribution in [0.1, 0.15) is 36.8 Å². The number of carbonyl (C=O) groups is 3. The highest BCUT2D eigenvalue weighted by Gasteiger charge is 2.15. The Labute approximate surface area is 222 Å². The fourth-order valence-electron chi connectivity index (χ4n) is 3.06. The second-order valence-electron chi connectivity index (χ2n) is 7.25.